The standard InChI is InChI=1S/C21H33N7O8/c1-10(2)5-14(27-18(32)12(22)6-11-8-24-9-25-11)19(33)28-15(7-16(23)29)20(34)26-13(21(35)36)3-4-17(30)31/h8-10,12-15H,3-7,22H2,1-2H3,(H2,23,29)(H,24,25)(H,26,34)(H,27,32)(H,28,33)(H,30,31)(H,35,36). The highest BCUT2D eigenvalue weighted by Gasteiger charge is 2.31. The SMILES string of the molecule is CC(C)CC(NC(=O)C(N)Cc1cnc[nH]1)C(=O)NC(CC(N)=O)C(=O)NC(CCC(=O)O)C(=O)O. The maximum Gasteiger partial charge on any atom is 0.326 e. The number of nitrogens with zero attached hydrogens (tertiary/aromatic N) is 1. The molecule has 0 saturated heterocycles. The molecule has 1 rings (SSSR count). The molecule has 0 aliphatic rings. The summed E-state index contributed by atoms with van der Waals surface area (Å²) in [6, 6.07) is -5.28. The number of carboxylic acid groups (broad SMARTS) is 2. The van der Waals surface area contributed by atoms with Crippen LogP contribution in [0.3, 0.4) is 0 Å². The third kappa shape index (κ3) is 10.9. The van der Waals surface area contributed by atoms with Gasteiger partial charge in [0.2, 0.25) is 23.6 Å². The second-order valence-corrected chi connectivity index (χ2v) is 8.64. The van der Waals surface area contributed by atoms with Crippen LogP contribution >= 0.6 is 0 Å². The van der Waals surface area contributed by atoms with Gasteiger partial charge in [-0.3, -0.25) is 24.0 Å². The Bertz CT molecular complexity index is 935. The smallest absolute Gasteiger partial charge is 0.326 e. The van der Waals surface area contributed by atoms with Crippen molar-refractivity contribution in [2.75, 3.05) is 0 Å². The molecule has 0 aromatic carbocycles. The number of nitrogens with one attached hydrogen (secondary N) is 4. The molecule has 0 radical (unpaired) electrons. The van der Waals surface area contributed by atoms with Crippen molar-refractivity contribution >= 4 is 35.6 Å². The number of rotatable bonds is 16. The number of aromatic amines is 1. The number of carboxylic acids is 2. The van der Waals surface area contributed by atoms with Crippen LogP contribution in [0.15, 0.2) is 12.5 Å². The van der Waals surface area contributed by atoms with E-state index in [1.54, 1.807) is 13.8 Å². The summed E-state index contributed by atoms with van der Waals surface area (Å²) in [4.78, 5) is 78.5. The van der Waals surface area contributed by atoms with E-state index in [0.717, 1.165) is 0 Å². The quantitative estimate of drug-likeness (QED) is 0.117. The van der Waals surface area contributed by atoms with Gasteiger partial charge < -0.3 is 42.6 Å². The van der Waals surface area contributed by atoms with E-state index in [1.165, 1.54) is 12.5 Å². The second kappa shape index (κ2) is 14.4. The van der Waals surface area contributed by atoms with E-state index in [9.17, 15) is 33.9 Å². The molecule has 1 aromatic heterocycles. The first-order valence-corrected chi connectivity index (χ1v) is 11.2. The van der Waals surface area contributed by atoms with Crippen molar-refractivity contribution in [1.82, 2.24) is 25.9 Å². The average Bonchev–Trinajstić information content (AvgIpc) is 3.27. The summed E-state index contributed by atoms with van der Waals surface area (Å²) < 4.78 is 0. The Balaban J connectivity index is 2.95. The Morgan fingerprint density at radius 3 is 2.06 bits per heavy atom. The molecule has 0 saturated carbocycles. The van der Waals surface area contributed by atoms with Crippen LogP contribution in [0.25, 0.3) is 0 Å². The lowest BCUT2D eigenvalue weighted by molar-refractivity contribution is -0.143. The fourth-order valence-corrected chi connectivity index (χ4v) is 3.19. The number of aliphatic carboxylic acids is 2. The highest BCUT2D eigenvalue weighted by atomic mass is 16.4. The minimum absolute atomic E-state index is 0.0688. The maximum absolute atomic E-state index is 13.0. The molecule has 36 heavy (non-hydrogen) atoms. The summed E-state index contributed by atoms with van der Waals surface area (Å²) in [5.74, 6) is -6.30. The third-order valence-electron chi connectivity index (χ3n) is 4.97. The van der Waals surface area contributed by atoms with Gasteiger partial charge in [0, 0.05) is 24.7 Å². The highest BCUT2D eigenvalue weighted by Crippen LogP contribution is 2.08. The van der Waals surface area contributed by atoms with E-state index in [4.69, 9.17) is 16.6 Å². The van der Waals surface area contributed by atoms with Crippen molar-refractivity contribution in [3.05, 3.63) is 18.2 Å². The first-order chi connectivity index (χ1) is 16.8. The zero-order valence-corrected chi connectivity index (χ0v) is 20.0. The Labute approximate surface area is 206 Å². The van der Waals surface area contributed by atoms with Crippen LogP contribution in [0.1, 0.15) is 45.2 Å². The highest BCUT2D eigenvalue weighted by molar-refractivity contribution is 5.96. The Morgan fingerprint density at radius 1 is 0.972 bits per heavy atom. The predicted octanol–water partition coefficient (Wildman–Crippen LogP) is -2.40. The molecule has 10 N–H and O–H groups in total. The van der Waals surface area contributed by atoms with Crippen LogP contribution in [-0.2, 0) is 35.2 Å². The van der Waals surface area contributed by atoms with Crippen LogP contribution in [0.2, 0.25) is 0 Å². The fourth-order valence-electron chi connectivity index (χ4n) is 3.19. The summed E-state index contributed by atoms with van der Waals surface area (Å²) in [7, 11) is 0. The van der Waals surface area contributed by atoms with Gasteiger partial charge in [0.25, 0.3) is 0 Å². The Kier molecular flexibility index (Phi) is 12.0. The molecule has 4 amide bonds. The molecule has 1 heterocycles. The van der Waals surface area contributed by atoms with Crippen LogP contribution in [-0.4, -0.2) is 79.9 Å². The molecule has 1 aromatic rings. The van der Waals surface area contributed by atoms with Crippen molar-refractivity contribution in [3.8, 4) is 0 Å². The molecular formula is C21H33N7O8. The largest absolute Gasteiger partial charge is 0.481 e. The molecule has 0 bridgehead atoms. The molecule has 15 nitrogen and oxygen atoms in total. The van der Waals surface area contributed by atoms with Crippen LogP contribution in [0.5, 0.6) is 0 Å². The molecule has 0 spiro atoms. The van der Waals surface area contributed by atoms with E-state index in [1.807, 2.05) is 0 Å². The number of H-pyrrole nitrogens is 1. The van der Waals surface area contributed by atoms with Crippen molar-refractivity contribution in [2.45, 2.75) is 70.1 Å². The van der Waals surface area contributed by atoms with E-state index in [0.29, 0.717) is 5.69 Å². The van der Waals surface area contributed by atoms with Crippen LogP contribution in [0, 0.1) is 5.92 Å². The van der Waals surface area contributed by atoms with E-state index < -0.39 is 79.0 Å². The first kappa shape index (κ1) is 30.0. The molecule has 15 heteroatoms. The van der Waals surface area contributed by atoms with Gasteiger partial charge in [-0.25, -0.2) is 9.78 Å². The Morgan fingerprint density at radius 2 is 1.56 bits per heavy atom. The number of primary amides is 1. The fraction of sp³-hybridized carbons (Fsp3) is 0.571. The zero-order chi connectivity index (χ0) is 27.4. The number of hydrogen-bond acceptors (Lipinski definition) is 8. The monoisotopic (exact) mass is 511 g/mol. The van der Waals surface area contributed by atoms with E-state index in [-0.39, 0.29) is 18.8 Å². The zero-order valence-electron chi connectivity index (χ0n) is 20.0. The molecule has 4 unspecified atom stereocenters. The summed E-state index contributed by atoms with van der Waals surface area (Å²) >= 11 is 0. The number of nitrogens with two attached hydrogens (primary N) is 2. The number of hydrogen-bond donors (Lipinski definition) is 8. The first-order valence-electron chi connectivity index (χ1n) is 11.2. The number of carbonyl (C=O) groups is 6. The number of carbonyl (C=O) groups excluding carboxylic acids is 4. The van der Waals surface area contributed by atoms with Crippen molar-refractivity contribution < 1.29 is 39.0 Å². The lowest BCUT2D eigenvalue weighted by Crippen LogP contribution is -2.58. The summed E-state index contributed by atoms with van der Waals surface area (Å²) in [5, 5.41) is 25.0. The average molecular weight is 512 g/mol. The molecule has 0 aliphatic carbocycles. The van der Waals surface area contributed by atoms with Gasteiger partial charge in [-0.15, -0.1) is 0 Å². The summed E-state index contributed by atoms with van der Waals surface area (Å²) in [6.45, 7) is 3.59. The lowest BCUT2D eigenvalue weighted by Gasteiger charge is -2.25. The maximum atomic E-state index is 13.0. The van der Waals surface area contributed by atoms with Crippen molar-refractivity contribution in [3.63, 3.8) is 0 Å². The molecule has 4 atom stereocenters. The summed E-state index contributed by atoms with van der Waals surface area (Å²) in [5.41, 5.74) is 11.7. The topological polar surface area (TPSA) is 260 Å². The summed E-state index contributed by atoms with van der Waals surface area (Å²) in [6.07, 6.45) is 1.59. The normalized spacial score (nSPS) is 14.2. The number of imidazole rings is 1. The number of amides is 4. The minimum Gasteiger partial charge on any atom is -0.481 e. The van der Waals surface area contributed by atoms with Gasteiger partial charge in [-0.05, 0) is 18.8 Å². The molecule has 0 aliphatic heterocycles. The molecule has 0 fully saturated rings. The predicted molar refractivity (Wildman–Crippen MR) is 124 cm³/mol. The molecule has 200 valence electrons. The Hall–Kier alpha value is -4.01. The van der Waals surface area contributed by atoms with Gasteiger partial charge in [-0.1, -0.05) is 13.8 Å². The van der Waals surface area contributed by atoms with E-state index in [2.05, 4.69) is 25.9 Å². The van der Waals surface area contributed by atoms with Crippen LogP contribution in [0.4, 0.5) is 0 Å². The number of aromatic nitrogens is 2. The minimum atomic E-state index is -1.58. The lowest BCUT2D eigenvalue weighted by atomic mass is 10.0. The van der Waals surface area contributed by atoms with Crippen molar-refractivity contribution in [2.24, 2.45) is 17.4 Å². The van der Waals surface area contributed by atoms with Crippen molar-refractivity contribution in [1.29, 1.82) is 0 Å². The second-order valence-electron chi connectivity index (χ2n) is 8.64. The molecular weight excluding hydrogens is 478 g/mol. The van der Waals surface area contributed by atoms with Crippen LogP contribution < -0.4 is 27.4 Å². The van der Waals surface area contributed by atoms with E-state index >= 15 is 0 Å². The van der Waals surface area contributed by atoms with Gasteiger partial charge in [0.1, 0.15) is 18.1 Å². The van der Waals surface area contributed by atoms with Gasteiger partial charge in [0.15, 0.2) is 0 Å². The van der Waals surface area contributed by atoms with Gasteiger partial charge in [-0.2, -0.15) is 0 Å². The third-order valence-corrected chi connectivity index (χ3v) is 4.97. The van der Waals surface area contributed by atoms with Gasteiger partial charge in [0.05, 0.1) is 18.8 Å². The van der Waals surface area contributed by atoms with Gasteiger partial charge >= 0.3 is 11.9 Å².